The van der Waals surface area contributed by atoms with Gasteiger partial charge in [0.05, 0.1) is 17.3 Å². The Labute approximate surface area is 211 Å². The molecule has 1 aliphatic heterocycles. The molecule has 190 valence electrons. The average molecular weight is 521 g/mol. The maximum Gasteiger partial charge on any atom is 0.420 e. The van der Waals surface area contributed by atoms with Gasteiger partial charge in [0, 0.05) is 26.2 Å². The molecule has 2 aromatic carbocycles. The number of nitrogens with zero attached hydrogens (tertiary/aromatic N) is 4. The summed E-state index contributed by atoms with van der Waals surface area (Å²) >= 11 is 5.44. The number of nitriles is 1. The maximum atomic E-state index is 15.1. The van der Waals surface area contributed by atoms with Crippen LogP contribution in [-0.4, -0.2) is 41.5 Å². The van der Waals surface area contributed by atoms with Gasteiger partial charge in [-0.1, -0.05) is 12.1 Å². The average Bonchev–Trinajstić information content (AvgIpc) is 2.97. The third kappa shape index (κ3) is 4.91. The van der Waals surface area contributed by atoms with Gasteiger partial charge >= 0.3 is 6.18 Å². The summed E-state index contributed by atoms with van der Waals surface area (Å²) in [4.78, 5) is 28.7. The number of hydrogen-bond acceptors (Lipinski definition) is 4. The van der Waals surface area contributed by atoms with Gasteiger partial charge in [-0.2, -0.15) is 18.4 Å². The molecular formula is C25H24F4N4O2S. The van der Waals surface area contributed by atoms with Gasteiger partial charge in [-0.05, 0) is 68.7 Å². The highest BCUT2D eigenvalue weighted by Crippen LogP contribution is 2.41. The van der Waals surface area contributed by atoms with Crippen LogP contribution < -0.4 is 9.80 Å². The monoisotopic (exact) mass is 520 g/mol. The quantitative estimate of drug-likeness (QED) is 0.394. The highest BCUT2D eigenvalue weighted by Gasteiger charge is 2.51. The minimum absolute atomic E-state index is 0.0260. The number of amides is 2. The lowest BCUT2D eigenvalue weighted by Crippen LogP contribution is -2.44. The second-order valence-corrected chi connectivity index (χ2v) is 9.42. The van der Waals surface area contributed by atoms with Crippen molar-refractivity contribution in [2.24, 2.45) is 0 Å². The van der Waals surface area contributed by atoms with Crippen LogP contribution >= 0.6 is 12.2 Å². The van der Waals surface area contributed by atoms with E-state index in [1.54, 1.807) is 26.2 Å². The summed E-state index contributed by atoms with van der Waals surface area (Å²) in [6.07, 6.45) is -3.44. The molecule has 3 rings (SSSR count). The van der Waals surface area contributed by atoms with Gasteiger partial charge in [0.1, 0.15) is 11.1 Å². The Balaban J connectivity index is 1.92. The van der Waals surface area contributed by atoms with Crippen LogP contribution in [0.2, 0.25) is 0 Å². The molecule has 6 nitrogen and oxygen atoms in total. The highest BCUT2D eigenvalue weighted by molar-refractivity contribution is 7.81. The largest absolute Gasteiger partial charge is 0.420 e. The lowest BCUT2D eigenvalue weighted by molar-refractivity contribution is -0.140. The van der Waals surface area contributed by atoms with Crippen molar-refractivity contribution >= 4 is 40.5 Å². The Morgan fingerprint density at radius 3 is 2.28 bits per heavy atom. The Hall–Kier alpha value is -3.52. The minimum atomic E-state index is -5.14. The molecular weight excluding hydrogens is 496 g/mol. The van der Waals surface area contributed by atoms with Crippen molar-refractivity contribution in [1.29, 1.82) is 5.26 Å². The first-order valence-corrected chi connectivity index (χ1v) is 11.4. The smallest absolute Gasteiger partial charge is 0.349 e. The number of alkyl halides is 3. The molecule has 0 N–H and O–H groups in total. The van der Waals surface area contributed by atoms with Gasteiger partial charge in [0.25, 0.3) is 5.91 Å². The number of thiocarbonyl (C=S) groups is 1. The molecule has 1 saturated heterocycles. The van der Waals surface area contributed by atoms with E-state index >= 15 is 4.39 Å². The van der Waals surface area contributed by atoms with E-state index in [9.17, 15) is 22.8 Å². The third-order valence-electron chi connectivity index (χ3n) is 5.98. The topological polar surface area (TPSA) is 67.7 Å². The summed E-state index contributed by atoms with van der Waals surface area (Å²) < 4.78 is 55.6. The molecule has 0 saturated carbocycles. The molecule has 1 fully saturated rings. The standard InChI is InChI=1S/C25H24F4N4O2S/c1-24(2)22(35)32(18-13-10-16(14-30)20(21(18)26)25(27,28)29)23(36)33(24)17-11-8-15(9-12-17)6-5-7-19(34)31(3)4/h8-13H,5-7H2,1-4H3. The van der Waals surface area contributed by atoms with E-state index in [0.29, 0.717) is 24.9 Å². The lowest BCUT2D eigenvalue weighted by Gasteiger charge is -2.29. The summed E-state index contributed by atoms with van der Waals surface area (Å²) in [5.41, 5.74) is -3.18. The first-order valence-electron chi connectivity index (χ1n) is 11.0. The summed E-state index contributed by atoms with van der Waals surface area (Å²) in [6, 6.07) is 10.2. The van der Waals surface area contributed by atoms with Gasteiger partial charge in [-0.3, -0.25) is 14.5 Å². The number of carbonyl (C=O) groups excluding carboxylic acids is 2. The normalized spacial score (nSPS) is 15.3. The molecule has 0 unspecified atom stereocenters. The van der Waals surface area contributed by atoms with Gasteiger partial charge in [-0.15, -0.1) is 0 Å². The molecule has 0 radical (unpaired) electrons. The minimum Gasteiger partial charge on any atom is -0.349 e. The van der Waals surface area contributed by atoms with E-state index < -0.39 is 40.3 Å². The first-order chi connectivity index (χ1) is 16.7. The number of benzene rings is 2. The molecule has 0 spiro atoms. The Kier molecular flexibility index (Phi) is 7.41. The molecule has 0 atom stereocenters. The van der Waals surface area contributed by atoms with E-state index in [4.69, 9.17) is 17.5 Å². The summed E-state index contributed by atoms with van der Waals surface area (Å²) in [5, 5.41) is 8.83. The van der Waals surface area contributed by atoms with Crippen molar-refractivity contribution in [1.82, 2.24) is 4.90 Å². The van der Waals surface area contributed by atoms with Crippen molar-refractivity contribution in [3.8, 4) is 6.07 Å². The number of hydrogen-bond donors (Lipinski definition) is 0. The molecule has 0 aliphatic carbocycles. The molecule has 11 heteroatoms. The maximum absolute atomic E-state index is 15.1. The Morgan fingerprint density at radius 2 is 1.75 bits per heavy atom. The zero-order chi connectivity index (χ0) is 27.0. The van der Waals surface area contributed by atoms with Crippen molar-refractivity contribution < 1.29 is 27.2 Å². The number of halogens is 4. The van der Waals surface area contributed by atoms with Crippen LogP contribution in [-0.2, 0) is 22.2 Å². The van der Waals surface area contributed by atoms with Crippen molar-refractivity contribution in [2.45, 2.75) is 44.8 Å². The van der Waals surface area contributed by atoms with E-state index in [-0.39, 0.29) is 11.0 Å². The summed E-state index contributed by atoms with van der Waals surface area (Å²) in [5.74, 6) is -2.42. The van der Waals surface area contributed by atoms with Gasteiger partial charge < -0.3 is 9.80 Å². The first kappa shape index (κ1) is 27.1. The van der Waals surface area contributed by atoms with Crippen LogP contribution in [0, 0.1) is 17.1 Å². The van der Waals surface area contributed by atoms with Crippen LogP contribution in [0.4, 0.5) is 28.9 Å². The fourth-order valence-electron chi connectivity index (χ4n) is 4.03. The lowest BCUT2D eigenvalue weighted by atomic mass is 10.0. The zero-order valence-electron chi connectivity index (χ0n) is 20.1. The number of rotatable bonds is 6. The predicted octanol–water partition coefficient (Wildman–Crippen LogP) is 5.04. The summed E-state index contributed by atoms with van der Waals surface area (Å²) in [6.45, 7) is 3.07. The van der Waals surface area contributed by atoms with Crippen molar-refractivity contribution in [3.05, 3.63) is 58.9 Å². The molecule has 1 aliphatic rings. The zero-order valence-corrected chi connectivity index (χ0v) is 20.9. The van der Waals surface area contributed by atoms with Crippen LogP contribution in [0.15, 0.2) is 36.4 Å². The predicted molar refractivity (Wildman–Crippen MR) is 131 cm³/mol. The molecule has 2 amide bonds. The number of carbonyl (C=O) groups is 2. The van der Waals surface area contributed by atoms with Gasteiger partial charge in [0.15, 0.2) is 10.9 Å². The SMILES string of the molecule is CN(C)C(=O)CCCc1ccc(N2C(=S)N(c3ccc(C#N)c(C(F)(F)F)c3F)C(=O)C2(C)C)cc1. The molecule has 36 heavy (non-hydrogen) atoms. The van der Waals surface area contributed by atoms with Gasteiger partial charge in [0.2, 0.25) is 5.91 Å². The van der Waals surface area contributed by atoms with E-state index in [1.165, 1.54) is 29.7 Å². The highest BCUT2D eigenvalue weighted by atomic mass is 32.1. The molecule has 1 heterocycles. The number of aryl methyl sites for hydroxylation is 1. The fraction of sp³-hybridized carbons (Fsp3) is 0.360. The van der Waals surface area contributed by atoms with E-state index in [2.05, 4.69) is 0 Å². The fourth-order valence-corrected chi connectivity index (χ4v) is 4.54. The Morgan fingerprint density at radius 1 is 1.14 bits per heavy atom. The number of anilines is 2. The van der Waals surface area contributed by atoms with Crippen LogP contribution in [0.25, 0.3) is 0 Å². The van der Waals surface area contributed by atoms with Gasteiger partial charge in [-0.25, -0.2) is 4.39 Å². The third-order valence-corrected chi connectivity index (χ3v) is 6.35. The van der Waals surface area contributed by atoms with Crippen molar-refractivity contribution in [2.75, 3.05) is 23.9 Å². The second kappa shape index (κ2) is 9.85. The van der Waals surface area contributed by atoms with Crippen LogP contribution in [0.1, 0.15) is 43.4 Å². The second-order valence-electron chi connectivity index (χ2n) is 9.06. The molecule has 0 bridgehead atoms. The molecule has 0 aromatic heterocycles. The Bertz CT molecular complexity index is 1250. The molecule has 2 aromatic rings. The van der Waals surface area contributed by atoms with E-state index in [1.807, 2.05) is 12.1 Å². The summed E-state index contributed by atoms with van der Waals surface area (Å²) in [7, 11) is 3.38. The van der Waals surface area contributed by atoms with Crippen LogP contribution in [0.3, 0.4) is 0 Å². The van der Waals surface area contributed by atoms with Crippen molar-refractivity contribution in [3.63, 3.8) is 0 Å². The van der Waals surface area contributed by atoms with E-state index in [0.717, 1.165) is 22.6 Å². The van der Waals surface area contributed by atoms with Crippen LogP contribution in [0.5, 0.6) is 0 Å².